The molecule has 4 nitrogen and oxygen atoms in total. The normalized spacial score (nSPS) is 11.3. The Labute approximate surface area is 104 Å². The van der Waals surface area contributed by atoms with Crippen molar-refractivity contribution in [1.82, 2.24) is 0 Å². The van der Waals surface area contributed by atoms with Gasteiger partial charge in [-0.15, -0.1) is 6.42 Å². The molecule has 2 N–H and O–H groups in total. The Kier molecular flexibility index (Phi) is 4.56. The Morgan fingerprint density at radius 2 is 2.12 bits per heavy atom. The summed E-state index contributed by atoms with van der Waals surface area (Å²) in [5.41, 5.74) is 5.52. The molecule has 0 fully saturated rings. The van der Waals surface area contributed by atoms with E-state index >= 15 is 0 Å². The molecular weight excluding hydrogens is 242 g/mol. The highest BCUT2D eigenvalue weighted by Crippen LogP contribution is 2.17. The molecule has 1 amide bonds. The molecule has 0 aliphatic carbocycles. The highest BCUT2D eigenvalue weighted by molar-refractivity contribution is 6.31. The van der Waals surface area contributed by atoms with E-state index in [1.165, 1.54) is 0 Å². The van der Waals surface area contributed by atoms with E-state index in [4.69, 9.17) is 23.8 Å². The molecule has 0 saturated heterocycles. The third kappa shape index (κ3) is 3.82. The summed E-state index contributed by atoms with van der Waals surface area (Å²) in [6, 6.07) is 6.88. The number of ether oxygens (including phenoxy) is 1. The van der Waals surface area contributed by atoms with Crippen LogP contribution in [-0.4, -0.2) is 18.0 Å². The summed E-state index contributed by atoms with van der Waals surface area (Å²) < 4.78 is 4.65. The zero-order chi connectivity index (χ0) is 12.8. The van der Waals surface area contributed by atoms with E-state index in [-0.39, 0.29) is 6.42 Å². The standard InChI is InChI=1S/C12H10ClNO3/c1-2-10(15)11(17-12(14)16)7-8-5-3-4-6-9(8)13/h1,3-6,11H,7H2,(H2,14,16). The molecule has 0 radical (unpaired) electrons. The number of hydrogen-bond acceptors (Lipinski definition) is 3. The number of primary amides is 1. The first-order valence-electron chi connectivity index (χ1n) is 4.74. The molecule has 5 heteroatoms. The van der Waals surface area contributed by atoms with Crippen LogP contribution in [0.15, 0.2) is 24.3 Å². The largest absolute Gasteiger partial charge is 0.437 e. The highest BCUT2D eigenvalue weighted by Gasteiger charge is 2.21. The number of rotatable bonds is 4. The second-order valence-electron chi connectivity index (χ2n) is 3.23. The topological polar surface area (TPSA) is 69.4 Å². The number of ketones is 1. The number of carbonyl (C=O) groups is 2. The third-order valence-corrected chi connectivity index (χ3v) is 2.42. The summed E-state index contributed by atoms with van der Waals surface area (Å²) in [5, 5.41) is 0.468. The molecule has 0 aliphatic rings. The van der Waals surface area contributed by atoms with Crippen molar-refractivity contribution >= 4 is 23.5 Å². The smallest absolute Gasteiger partial charge is 0.405 e. The Hall–Kier alpha value is -1.99. The molecule has 0 bridgehead atoms. The SMILES string of the molecule is C#CC(=O)C(Cc1ccccc1Cl)OC(N)=O. The number of Topliss-reactive ketones (excluding diaryl/α,β-unsaturated/α-hetero) is 1. The van der Waals surface area contributed by atoms with E-state index in [9.17, 15) is 9.59 Å². The van der Waals surface area contributed by atoms with Gasteiger partial charge in [0.25, 0.3) is 0 Å². The van der Waals surface area contributed by atoms with Crippen molar-refractivity contribution < 1.29 is 14.3 Å². The summed E-state index contributed by atoms with van der Waals surface area (Å²) in [7, 11) is 0. The van der Waals surface area contributed by atoms with Crippen molar-refractivity contribution in [3.63, 3.8) is 0 Å². The number of benzene rings is 1. The molecule has 0 spiro atoms. The minimum Gasteiger partial charge on any atom is -0.437 e. The Morgan fingerprint density at radius 3 is 2.65 bits per heavy atom. The predicted molar refractivity (Wildman–Crippen MR) is 63.5 cm³/mol. The Bertz CT molecular complexity index is 479. The van der Waals surface area contributed by atoms with Crippen LogP contribution in [-0.2, 0) is 16.0 Å². The minimum absolute atomic E-state index is 0.103. The molecule has 1 aromatic carbocycles. The van der Waals surface area contributed by atoms with Crippen molar-refractivity contribution in [2.45, 2.75) is 12.5 Å². The number of terminal acetylenes is 1. The second kappa shape index (κ2) is 5.92. The highest BCUT2D eigenvalue weighted by atomic mass is 35.5. The van der Waals surface area contributed by atoms with E-state index < -0.39 is 18.0 Å². The van der Waals surface area contributed by atoms with Crippen LogP contribution >= 0.6 is 11.6 Å². The molecular formula is C12H10ClNO3. The number of carbonyl (C=O) groups excluding carboxylic acids is 2. The van der Waals surface area contributed by atoms with Crippen LogP contribution in [0.1, 0.15) is 5.56 Å². The summed E-state index contributed by atoms with van der Waals surface area (Å²) in [4.78, 5) is 22.0. The second-order valence-corrected chi connectivity index (χ2v) is 3.64. The van der Waals surface area contributed by atoms with Gasteiger partial charge in [-0.2, -0.15) is 0 Å². The number of nitrogens with two attached hydrogens (primary N) is 1. The molecule has 1 atom stereocenters. The Morgan fingerprint density at radius 1 is 1.47 bits per heavy atom. The molecule has 1 aromatic rings. The molecule has 0 aliphatic heterocycles. The lowest BCUT2D eigenvalue weighted by atomic mass is 10.1. The van der Waals surface area contributed by atoms with Gasteiger partial charge in [0.05, 0.1) is 0 Å². The van der Waals surface area contributed by atoms with Crippen LogP contribution in [0.2, 0.25) is 5.02 Å². The average Bonchev–Trinajstić information content (AvgIpc) is 2.29. The maximum Gasteiger partial charge on any atom is 0.405 e. The fourth-order valence-electron chi connectivity index (χ4n) is 1.28. The molecule has 88 valence electrons. The van der Waals surface area contributed by atoms with Crippen LogP contribution in [0.25, 0.3) is 0 Å². The fourth-order valence-corrected chi connectivity index (χ4v) is 1.50. The zero-order valence-electron chi connectivity index (χ0n) is 8.85. The zero-order valence-corrected chi connectivity index (χ0v) is 9.61. The summed E-state index contributed by atoms with van der Waals surface area (Å²) >= 11 is 5.92. The van der Waals surface area contributed by atoms with Gasteiger partial charge >= 0.3 is 6.09 Å². The van der Waals surface area contributed by atoms with Gasteiger partial charge in [0.2, 0.25) is 5.78 Å². The van der Waals surface area contributed by atoms with Crippen molar-refractivity contribution in [3.8, 4) is 12.3 Å². The Balaban J connectivity index is 2.87. The predicted octanol–water partition coefficient (Wildman–Crippen LogP) is 1.55. The fraction of sp³-hybridized carbons (Fsp3) is 0.167. The van der Waals surface area contributed by atoms with Crippen LogP contribution in [0.4, 0.5) is 4.79 Å². The van der Waals surface area contributed by atoms with Crippen LogP contribution in [0, 0.1) is 12.3 Å². The van der Waals surface area contributed by atoms with Gasteiger partial charge in [0, 0.05) is 11.4 Å². The van der Waals surface area contributed by atoms with Gasteiger partial charge in [-0.1, -0.05) is 29.8 Å². The van der Waals surface area contributed by atoms with Gasteiger partial charge in [-0.05, 0) is 17.6 Å². The van der Waals surface area contributed by atoms with Gasteiger partial charge in [0.1, 0.15) is 0 Å². The number of halogens is 1. The maximum absolute atomic E-state index is 11.4. The van der Waals surface area contributed by atoms with Gasteiger partial charge in [-0.3, -0.25) is 4.79 Å². The van der Waals surface area contributed by atoms with Crippen LogP contribution < -0.4 is 5.73 Å². The van der Waals surface area contributed by atoms with Crippen LogP contribution in [0.5, 0.6) is 0 Å². The first-order valence-corrected chi connectivity index (χ1v) is 5.12. The molecule has 1 unspecified atom stereocenters. The van der Waals surface area contributed by atoms with E-state index in [1.54, 1.807) is 24.3 Å². The first-order chi connectivity index (χ1) is 8.04. The molecule has 17 heavy (non-hydrogen) atoms. The van der Waals surface area contributed by atoms with Crippen LogP contribution in [0.3, 0.4) is 0 Å². The number of amides is 1. The monoisotopic (exact) mass is 251 g/mol. The molecule has 1 rings (SSSR count). The lowest BCUT2D eigenvalue weighted by Gasteiger charge is -2.13. The van der Waals surface area contributed by atoms with E-state index in [0.29, 0.717) is 10.6 Å². The van der Waals surface area contributed by atoms with Gasteiger partial charge in [0.15, 0.2) is 6.10 Å². The lowest BCUT2D eigenvalue weighted by molar-refractivity contribution is -0.121. The molecule has 0 aromatic heterocycles. The number of hydrogen-bond donors (Lipinski definition) is 1. The van der Waals surface area contributed by atoms with Gasteiger partial charge in [-0.25, -0.2) is 4.79 Å². The van der Waals surface area contributed by atoms with Crippen molar-refractivity contribution in [1.29, 1.82) is 0 Å². The summed E-state index contributed by atoms with van der Waals surface area (Å²) in [5.74, 6) is 1.25. The van der Waals surface area contributed by atoms with E-state index in [1.807, 2.05) is 5.92 Å². The third-order valence-electron chi connectivity index (χ3n) is 2.06. The maximum atomic E-state index is 11.4. The lowest BCUT2D eigenvalue weighted by Crippen LogP contribution is -2.31. The molecule has 0 saturated carbocycles. The quantitative estimate of drug-likeness (QED) is 0.652. The van der Waals surface area contributed by atoms with E-state index in [0.717, 1.165) is 0 Å². The van der Waals surface area contributed by atoms with Crippen molar-refractivity contribution in [2.24, 2.45) is 5.73 Å². The molecule has 0 heterocycles. The van der Waals surface area contributed by atoms with Crippen molar-refractivity contribution in [2.75, 3.05) is 0 Å². The van der Waals surface area contributed by atoms with Gasteiger partial charge < -0.3 is 10.5 Å². The average molecular weight is 252 g/mol. The first kappa shape index (κ1) is 13.1. The minimum atomic E-state index is -1.10. The van der Waals surface area contributed by atoms with Crippen molar-refractivity contribution in [3.05, 3.63) is 34.9 Å². The summed E-state index contributed by atoms with van der Waals surface area (Å²) in [6.45, 7) is 0. The van der Waals surface area contributed by atoms with E-state index in [2.05, 4.69) is 4.74 Å². The summed E-state index contributed by atoms with van der Waals surface area (Å²) in [6.07, 6.45) is 2.93.